The van der Waals surface area contributed by atoms with E-state index in [1.54, 1.807) is 0 Å². The molecule has 2 heteroatoms. The maximum absolute atomic E-state index is 2.52. The summed E-state index contributed by atoms with van der Waals surface area (Å²) in [6.07, 6.45) is 0. The monoisotopic (exact) mass is 686 g/mol. The van der Waals surface area contributed by atoms with Gasteiger partial charge in [0.05, 0.1) is 16.6 Å². The third-order valence-electron chi connectivity index (χ3n) is 12.3. The normalized spacial score (nSPS) is 13.4. The number of anilines is 3. The Morgan fingerprint density at radius 1 is 0.407 bits per heavy atom. The predicted molar refractivity (Wildman–Crippen MR) is 228 cm³/mol. The third-order valence-corrected chi connectivity index (χ3v) is 12.3. The van der Waals surface area contributed by atoms with Crippen molar-refractivity contribution in [2.24, 2.45) is 0 Å². The van der Waals surface area contributed by atoms with Gasteiger partial charge >= 0.3 is 0 Å². The second-order valence-corrected chi connectivity index (χ2v) is 15.0. The van der Waals surface area contributed by atoms with E-state index in [4.69, 9.17) is 0 Å². The van der Waals surface area contributed by atoms with Gasteiger partial charge in [-0.05, 0) is 105 Å². The summed E-state index contributed by atoms with van der Waals surface area (Å²) < 4.78 is 2.52. The molecular formula is C52H34N2. The van der Waals surface area contributed by atoms with Crippen molar-refractivity contribution in [3.8, 4) is 11.1 Å². The molecule has 0 aliphatic heterocycles. The van der Waals surface area contributed by atoms with Gasteiger partial charge < -0.3 is 9.30 Å². The maximum Gasteiger partial charge on any atom is 0.0621 e. The van der Waals surface area contributed by atoms with Gasteiger partial charge in [0.15, 0.2) is 0 Å². The average Bonchev–Trinajstić information content (AvgIpc) is 3.71. The van der Waals surface area contributed by atoms with Crippen molar-refractivity contribution in [1.29, 1.82) is 0 Å². The van der Waals surface area contributed by atoms with Crippen molar-refractivity contribution in [3.63, 3.8) is 0 Å². The van der Waals surface area contributed by atoms with Crippen molar-refractivity contribution in [1.82, 2.24) is 4.40 Å². The molecule has 0 saturated heterocycles. The second kappa shape index (κ2) is 10.8. The van der Waals surface area contributed by atoms with E-state index in [1.807, 2.05) is 0 Å². The quantitative estimate of drug-likeness (QED) is 0.132. The van der Waals surface area contributed by atoms with Crippen molar-refractivity contribution in [2.45, 2.75) is 12.3 Å². The Labute approximate surface area is 313 Å². The second-order valence-electron chi connectivity index (χ2n) is 15.0. The molecule has 0 spiro atoms. The van der Waals surface area contributed by atoms with Gasteiger partial charge in [-0.3, -0.25) is 0 Å². The lowest BCUT2D eigenvalue weighted by Gasteiger charge is -2.31. The first kappa shape index (κ1) is 29.7. The van der Waals surface area contributed by atoms with Gasteiger partial charge in [-0.2, -0.15) is 0 Å². The van der Waals surface area contributed by atoms with Crippen LogP contribution in [0.1, 0.15) is 23.6 Å². The maximum atomic E-state index is 2.52. The van der Waals surface area contributed by atoms with Crippen LogP contribution in [0.25, 0.3) is 70.8 Å². The molecule has 2 nitrogen and oxygen atoms in total. The van der Waals surface area contributed by atoms with Crippen molar-refractivity contribution in [3.05, 3.63) is 205 Å². The summed E-state index contributed by atoms with van der Waals surface area (Å²) in [5, 5.41) is 10.2. The van der Waals surface area contributed by atoms with Gasteiger partial charge in [0, 0.05) is 44.0 Å². The number of rotatable bonds is 4. The molecule has 1 aliphatic rings. The number of hydrogen-bond donors (Lipinski definition) is 0. The van der Waals surface area contributed by atoms with E-state index >= 15 is 0 Å². The zero-order chi connectivity index (χ0) is 35.5. The van der Waals surface area contributed by atoms with Crippen molar-refractivity contribution < 1.29 is 0 Å². The van der Waals surface area contributed by atoms with Gasteiger partial charge in [-0.25, -0.2) is 0 Å². The SMILES string of the molecule is CC1(c2cccc(N(c3ccccc3)c3cc4c5cccc6cccc(c65)n5c6ccc7ccccc7c6c(c3)c45)c2)c2ccccc2-c2ccccc21. The van der Waals surface area contributed by atoms with E-state index in [2.05, 4.69) is 204 Å². The third kappa shape index (κ3) is 3.84. The van der Waals surface area contributed by atoms with E-state index in [9.17, 15) is 0 Å². The molecule has 0 bridgehead atoms. The van der Waals surface area contributed by atoms with Crippen LogP contribution in [0.15, 0.2) is 188 Å². The van der Waals surface area contributed by atoms with Gasteiger partial charge in [0.25, 0.3) is 0 Å². The largest absolute Gasteiger partial charge is 0.310 e. The lowest BCUT2D eigenvalue weighted by atomic mass is 9.74. The Bertz CT molecular complexity index is 3250. The lowest BCUT2D eigenvalue weighted by Crippen LogP contribution is -2.23. The highest BCUT2D eigenvalue weighted by Gasteiger charge is 2.40. The highest BCUT2D eigenvalue weighted by atomic mass is 15.1. The smallest absolute Gasteiger partial charge is 0.0621 e. The number of para-hydroxylation sites is 1. The Morgan fingerprint density at radius 2 is 1.02 bits per heavy atom. The molecule has 2 aromatic heterocycles. The van der Waals surface area contributed by atoms with Crippen LogP contribution in [-0.2, 0) is 5.41 Å². The minimum atomic E-state index is -0.298. The molecule has 0 atom stereocenters. The van der Waals surface area contributed by atoms with E-state index in [0.717, 1.165) is 17.1 Å². The van der Waals surface area contributed by atoms with Crippen LogP contribution >= 0.6 is 0 Å². The van der Waals surface area contributed by atoms with Crippen LogP contribution in [-0.4, -0.2) is 4.40 Å². The molecule has 9 aromatic carbocycles. The number of hydrogen-bond acceptors (Lipinski definition) is 1. The van der Waals surface area contributed by atoms with Crippen LogP contribution in [0.4, 0.5) is 17.1 Å². The number of aromatic nitrogens is 1. The van der Waals surface area contributed by atoms with E-state index in [-0.39, 0.29) is 5.41 Å². The number of benzene rings is 9. The zero-order valence-electron chi connectivity index (χ0n) is 29.8. The molecule has 54 heavy (non-hydrogen) atoms. The summed E-state index contributed by atoms with van der Waals surface area (Å²) >= 11 is 0. The molecule has 0 saturated carbocycles. The summed E-state index contributed by atoms with van der Waals surface area (Å²) in [5.74, 6) is 0. The molecule has 0 fully saturated rings. The molecule has 0 unspecified atom stereocenters. The van der Waals surface area contributed by atoms with Crippen LogP contribution in [0, 0.1) is 0 Å². The van der Waals surface area contributed by atoms with Crippen LogP contribution < -0.4 is 4.90 Å². The molecule has 11 aromatic rings. The molecule has 0 N–H and O–H groups in total. The van der Waals surface area contributed by atoms with Crippen molar-refractivity contribution >= 4 is 76.7 Å². The van der Waals surface area contributed by atoms with Crippen LogP contribution in [0.3, 0.4) is 0 Å². The van der Waals surface area contributed by atoms with Gasteiger partial charge in [0.2, 0.25) is 0 Å². The number of pyridine rings is 1. The van der Waals surface area contributed by atoms with E-state index in [0.29, 0.717) is 0 Å². The van der Waals surface area contributed by atoms with Gasteiger partial charge in [-0.1, -0.05) is 140 Å². The molecule has 252 valence electrons. The highest BCUT2D eigenvalue weighted by Crippen LogP contribution is 2.53. The summed E-state index contributed by atoms with van der Waals surface area (Å²) in [6.45, 7) is 2.40. The first-order valence-electron chi connectivity index (χ1n) is 18.9. The number of fused-ring (bicyclic) bond motifs is 10. The first-order chi connectivity index (χ1) is 26.7. The highest BCUT2D eigenvalue weighted by molar-refractivity contribution is 6.31. The molecule has 12 rings (SSSR count). The summed E-state index contributed by atoms with van der Waals surface area (Å²) in [4.78, 5) is 2.46. The molecule has 2 heterocycles. The van der Waals surface area contributed by atoms with Crippen LogP contribution in [0.5, 0.6) is 0 Å². The summed E-state index contributed by atoms with van der Waals surface area (Å²) in [7, 11) is 0. The Morgan fingerprint density at radius 3 is 1.83 bits per heavy atom. The number of nitrogens with zero attached hydrogens (tertiary/aromatic N) is 2. The first-order valence-corrected chi connectivity index (χ1v) is 18.9. The summed E-state index contributed by atoms with van der Waals surface area (Å²) in [6, 6.07) is 69.8. The molecular weight excluding hydrogens is 653 g/mol. The summed E-state index contributed by atoms with van der Waals surface area (Å²) in [5.41, 5.74) is 13.5. The van der Waals surface area contributed by atoms with Crippen LogP contribution in [0.2, 0.25) is 0 Å². The Kier molecular flexibility index (Phi) is 5.94. The lowest BCUT2D eigenvalue weighted by molar-refractivity contribution is 0.714. The topological polar surface area (TPSA) is 7.65 Å². The van der Waals surface area contributed by atoms with Crippen molar-refractivity contribution in [2.75, 3.05) is 4.90 Å². The van der Waals surface area contributed by atoms with Gasteiger partial charge in [0.1, 0.15) is 0 Å². The standard InChI is InChI=1S/C52H34N2/c1-52(45-25-9-7-22-40(45)41-23-8-10-26-46(41)52)35-17-13-20-37(30-35)53(36-18-3-2-4-19-36)38-31-43-42-24-11-15-34-16-12-27-47(49(34)42)54-48-29-28-33-14-5-6-21-39(33)50(48)44(32-38)51(43)54/h2-32H,1H3. The molecule has 0 radical (unpaired) electrons. The fraction of sp³-hybridized carbons (Fsp3) is 0.0385. The fourth-order valence-electron chi connectivity index (χ4n) is 9.96. The fourth-order valence-corrected chi connectivity index (χ4v) is 9.96. The average molecular weight is 687 g/mol. The minimum absolute atomic E-state index is 0.298. The minimum Gasteiger partial charge on any atom is -0.310 e. The molecule has 1 aliphatic carbocycles. The Hall–Kier alpha value is -6.90. The Balaban J connectivity index is 1.19. The van der Waals surface area contributed by atoms with E-state index < -0.39 is 0 Å². The van der Waals surface area contributed by atoms with E-state index in [1.165, 1.54) is 87.5 Å². The molecule has 0 amide bonds. The predicted octanol–water partition coefficient (Wildman–Crippen LogP) is 13.9. The van der Waals surface area contributed by atoms with Gasteiger partial charge in [-0.15, -0.1) is 0 Å². The zero-order valence-corrected chi connectivity index (χ0v) is 29.8.